The molecule has 3 heterocycles. The second kappa shape index (κ2) is 7.99. The van der Waals surface area contributed by atoms with E-state index >= 15 is 0 Å². The minimum Gasteiger partial charge on any atom is -0.379 e. The highest BCUT2D eigenvalue weighted by Crippen LogP contribution is 2.33. The number of aromatic nitrogens is 3. The maximum Gasteiger partial charge on any atom is 0.255 e. The predicted octanol–water partition coefficient (Wildman–Crippen LogP) is 2.84. The van der Waals surface area contributed by atoms with E-state index in [1.54, 1.807) is 18.6 Å². The van der Waals surface area contributed by atoms with Crippen LogP contribution in [0.1, 0.15) is 59.6 Å². The molecule has 2 fully saturated rings. The van der Waals surface area contributed by atoms with Gasteiger partial charge in [0.05, 0.1) is 36.7 Å². The number of ether oxygens (including phenoxy) is 1. The summed E-state index contributed by atoms with van der Waals surface area (Å²) >= 11 is 0. The van der Waals surface area contributed by atoms with Crippen molar-refractivity contribution in [2.75, 3.05) is 13.2 Å². The van der Waals surface area contributed by atoms with Gasteiger partial charge >= 0.3 is 0 Å². The van der Waals surface area contributed by atoms with Gasteiger partial charge in [-0.1, -0.05) is 19.3 Å². The number of rotatable bonds is 5. The molecule has 2 N–H and O–H groups in total. The van der Waals surface area contributed by atoms with Gasteiger partial charge in [0, 0.05) is 24.2 Å². The van der Waals surface area contributed by atoms with Crippen molar-refractivity contribution >= 4 is 5.91 Å². The van der Waals surface area contributed by atoms with Gasteiger partial charge in [-0.2, -0.15) is 5.10 Å². The van der Waals surface area contributed by atoms with Crippen molar-refractivity contribution in [3.63, 3.8) is 0 Å². The summed E-state index contributed by atoms with van der Waals surface area (Å²) in [5.41, 5.74) is 2.93. The van der Waals surface area contributed by atoms with Gasteiger partial charge in [0.1, 0.15) is 0 Å². The normalized spacial score (nSPS) is 23.8. The highest BCUT2D eigenvalue weighted by Gasteiger charge is 2.31. The molecule has 6 nitrogen and oxygen atoms in total. The first-order valence-corrected chi connectivity index (χ1v) is 9.62. The smallest absolute Gasteiger partial charge is 0.255 e. The Morgan fingerprint density at radius 1 is 1.19 bits per heavy atom. The molecule has 2 aromatic heterocycles. The van der Waals surface area contributed by atoms with Crippen LogP contribution in [-0.2, 0) is 11.2 Å². The van der Waals surface area contributed by atoms with Crippen molar-refractivity contribution in [2.24, 2.45) is 5.92 Å². The van der Waals surface area contributed by atoms with E-state index in [1.165, 1.54) is 24.8 Å². The Morgan fingerprint density at radius 2 is 2.00 bits per heavy atom. The van der Waals surface area contributed by atoms with E-state index in [1.807, 2.05) is 12.1 Å². The summed E-state index contributed by atoms with van der Waals surface area (Å²) < 4.78 is 5.65. The number of carbonyl (C=O) groups excluding carboxylic acids is 1. The molecule has 1 aliphatic heterocycles. The monoisotopic (exact) mass is 354 g/mol. The summed E-state index contributed by atoms with van der Waals surface area (Å²) in [6.45, 7) is 1.24. The maximum absolute atomic E-state index is 12.9. The predicted molar refractivity (Wildman–Crippen MR) is 97.9 cm³/mol. The number of pyridine rings is 1. The minimum atomic E-state index is -0.0328. The third-order valence-corrected chi connectivity index (χ3v) is 5.69. The quantitative estimate of drug-likeness (QED) is 0.865. The van der Waals surface area contributed by atoms with E-state index in [0.29, 0.717) is 24.7 Å². The molecular formula is C20H26N4O2. The molecule has 6 heteroatoms. The van der Waals surface area contributed by atoms with Crippen LogP contribution >= 0.6 is 0 Å². The van der Waals surface area contributed by atoms with Gasteiger partial charge in [-0.3, -0.25) is 14.9 Å². The van der Waals surface area contributed by atoms with E-state index in [0.717, 1.165) is 25.0 Å². The lowest BCUT2D eigenvalue weighted by molar-refractivity contribution is 0.0923. The molecule has 2 atom stereocenters. The standard InChI is InChI=1S/C20H26N4O2/c25-20(17-11-22-24-19(17)15-4-2-1-3-5-15)23-18-13-26-12-16(18)10-14-6-8-21-9-7-14/h6-9,11,15-16,18H,1-5,10,12-13H2,(H,22,24)(H,23,25)/t16-,18+/m1/s1. The molecule has 2 aliphatic rings. The zero-order valence-corrected chi connectivity index (χ0v) is 15.0. The first-order chi connectivity index (χ1) is 12.8. The van der Waals surface area contributed by atoms with Crippen LogP contribution in [0.15, 0.2) is 30.7 Å². The van der Waals surface area contributed by atoms with Crippen LogP contribution < -0.4 is 5.32 Å². The molecule has 1 amide bonds. The fraction of sp³-hybridized carbons (Fsp3) is 0.550. The van der Waals surface area contributed by atoms with Crippen LogP contribution in [-0.4, -0.2) is 40.3 Å². The zero-order chi connectivity index (χ0) is 17.8. The lowest BCUT2D eigenvalue weighted by Crippen LogP contribution is -2.41. The van der Waals surface area contributed by atoms with Crippen LogP contribution in [0.3, 0.4) is 0 Å². The van der Waals surface area contributed by atoms with E-state index in [9.17, 15) is 4.79 Å². The Bertz CT molecular complexity index is 724. The van der Waals surface area contributed by atoms with Gasteiger partial charge in [0.25, 0.3) is 5.91 Å². The van der Waals surface area contributed by atoms with Gasteiger partial charge in [-0.05, 0) is 37.0 Å². The van der Waals surface area contributed by atoms with Crippen molar-refractivity contribution in [1.82, 2.24) is 20.5 Å². The SMILES string of the molecule is O=C(N[C@H]1COC[C@H]1Cc1ccncc1)c1cn[nH]c1C1CCCCC1. The van der Waals surface area contributed by atoms with Gasteiger partial charge in [-0.15, -0.1) is 0 Å². The Kier molecular flexibility index (Phi) is 5.29. The highest BCUT2D eigenvalue weighted by atomic mass is 16.5. The van der Waals surface area contributed by atoms with E-state index in [4.69, 9.17) is 4.74 Å². The third-order valence-electron chi connectivity index (χ3n) is 5.69. The molecule has 26 heavy (non-hydrogen) atoms. The second-order valence-corrected chi connectivity index (χ2v) is 7.47. The molecule has 1 aliphatic carbocycles. The molecule has 0 bridgehead atoms. The van der Waals surface area contributed by atoms with Crippen molar-refractivity contribution in [1.29, 1.82) is 0 Å². The molecular weight excluding hydrogens is 328 g/mol. The second-order valence-electron chi connectivity index (χ2n) is 7.47. The van der Waals surface area contributed by atoms with E-state index < -0.39 is 0 Å². The molecule has 0 unspecified atom stereocenters. The van der Waals surface area contributed by atoms with E-state index in [-0.39, 0.29) is 17.9 Å². The average Bonchev–Trinajstić information content (AvgIpc) is 3.33. The lowest BCUT2D eigenvalue weighted by Gasteiger charge is -2.22. The number of aromatic amines is 1. The first kappa shape index (κ1) is 17.2. The van der Waals surface area contributed by atoms with Gasteiger partial charge in [0.15, 0.2) is 0 Å². The van der Waals surface area contributed by atoms with Gasteiger partial charge in [0.2, 0.25) is 0 Å². The zero-order valence-electron chi connectivity index (χ0n) is 15.0. The number of hydrogen-bond acceptors (Lipinski definition) is 4. The molecule has 0 radical (unpaired) electrons. The summed E-state index contributed by atoms with van der Waals surface area (Å²) in [5, 5.41) is 10.4. The Labute approximate surface area is 153 Å². The number of amides is 1. The summed E-state index contributed by atoms with van der Waals surface area (Å²) in [5.74, 6) is 0.681. The molecule has 0 spiro atoms. The van der Waals surface area contributed by atoms with Crippen molar-refractivity contribution in [3.8, 4) is 0 Å². The van der Waals surface area contributed by atoms with Crippen LogP contribution in [0.4, 0.5) is 0 Å². The number of carbonyl (C=O) groups is 1. The molecule has 1 saturated heterocycles. The largest absolute Gasteiger partial charge is 0.379 e. The molecule has 4 rings (SSSR count). The fourth-order valence-electron chi connectivity index (χ4n) is 4.21. The molecule has 0 aromatic carbocycles. The number of nitrogens with zero attached hydrogens (tertiary/aromatic N) is 2. The van der Waals surface area contributed by atoms with Crippen LogP contribution in [0.25, 0.3) is 0 Å². The summed E-state index contributed by atoms with van der Waals surface area (Å²) in [6.07, 6.45) is 12.2. The van der Waals surface area contributed by atoms with Crippen LogP contribution in [0.2, 0.25) is 0 Å². The Morgan fingerprint density at radius 3 is 2.81 bits per heavy atom. The number of H-pyrrole nitrogens is 1. The topological polar surface area (TPSA) is 79.9 Å². The van der Waals surface area contributed by atoms with E-state index in [2.05, 4.69) is 20.5 Å². The summed E-state index contributed by atoms with van der Waals surface area (Å²) in [6, 6.07) is 4.08. The van der Waals surface area contributed by atoms with Crippen molar-refractivity contribution in [3.05, 3.63) is 47.5 Å². The minimum absolute atomic E-state index is 0.0322. The van der Waals surface area contributed by atoms with Gasteiger partial charge in [-0.25, -0.2) is 0 Å². The summed E-state index contributed by atoms with van der Waals surface area (Å²) in [4.78, 5) is 17.0. The third kappa shape index (κ3) is 3.80. The Hall–Kier alpha value is -2.21. The lowest BCUT2D eigenvalue weighted by atomic mass is 9.85. The summed E-state index contributed by atoms with van der Waals surface area (Å²) in [7, 11) is 0. The number of hydrogen-bond donors (Lipinski definition) is 2. The van der Waals surface area contributed by atoms with Crippen LogP contribution in [0.5, 0.6) is 0 Å². The average molecular weight is 354 g/mol. The van der Waals surface area contributed by atoms with Crippen molar-refractivity contribution < 1.29 is 9.53 Å². The first-order valence-electron chi connectivity index (χ1n) is 9.62. The highest BCUT2D eigenvalue weighted by molar-refractivity contribution is 5.95. The fourth-order valence-corrected chi connectivity index (χ4v) is 4.21. The van der Waals surface area contributed by atoms with Crippen LogP contribution in [0, 0.1) is 5.92 Å². The molecule has 138 valence electrons. The maximum atomic E-state index is 12.9. The van der Waals surface area contributed by atoms with Gasteiger partial charge < -0.3 is 10.1 Å². The number of nitrogens with one attached hydrogen (secondary N) is 2. The Balaban J connectivity index is 1.42. The van der Waals surface area contributed by atoms with Crippen molar-refractivity contribution in [2.45, 2.75) is 50.5 Å². The molecule has 2 aromatic rings. The molecule has 1 saturated carbocycles.